The zero-order valence-electron chi connectivity index (χ0n) is 8.59. The van der Waals surface area contributed by atoms with Crippen LogP contribution in [0, 0.1) is 11.8 Å². The third-order valence-corrected chi connectivity index (χ3v) is 2.38. The summed E-state index contributed by atoms with van der Waals surface area (Å²) in [6.07, 6.45) is 4.60. The summed E-state index contributed by atoms with van der Waals surface area (Å²) >= 11 is 0. The van der Waals surface area contributed by atoms with Crippen LogP contribution in [0.1, 0.15) is 40.0 Å². The highest BCUT2D eigenvalue weighted by atomic mass is 16.3. The van der Waals surface area contributed by atoms with E-state index in [2.05, 4.69) is 27.4 Å². The first-order valence-electron chi connectivity index (χ1n) is 4.92. The van der Waals surface area contributed by atoms with Crippen molar-refractivity contribution in [3.8, 4) is 0 Å². The molecule has 1 N–H and O–H groups in total. The van der Waals surface area contributed by atoms with Gasteiger partial charge >= 0.3 is 0 Å². The summed E-state index contributed by atoms with van der Waals surface area (Å²) in [7, 11) is 0. The van der Waals surface area contributed by atoms with Gasteiger partial charge in [-0.1, -0.05) is 33.3 Å². The third-order valence-electron chi connectivity index (χ3n) is 2.38. The molecule has 0 heterocycles. The molecule has 0 spiro atoms. The molecule has 0 aliphatic carbocycles. The Labute approximate surface area is 76.5 Å². The minimum absolute atomic E-state index is 0.192. The predicted molar refractivity (Wildman–Crippen MR) is 54.1 cm³/mol. The van der Waals surface area contributed by atoms with Crippen LogP contribution in [-0.4, -0.2) is 11.2 Å². The van der Waals surface area contributed by atoms with Crippen LogP contribution in [0.2, 0.25) is 0 Å². The van der Waals surface area contributed by atoms with Crippen molar-refractivity contribution in [2.45, 2.75) is 46.1 Å². The smallest absolute Gasteiger partial charge is 0.0605 e. The van der Waals surface area contributed by atoms with Gasteiger partial charge in [0.2, 0.25) is 0 Å². The lowest BCUT2D eigenvalue weighted by Crippen LogP contribution is -2.24. The van der Waals surface area contributed by atoms with Gasteiger partial charge in [-0.15, -0.1) is 6.58 Å². The standard InChI is InChI=1S/C11H22O/c1-5-7-10(9(3)4)11(12)8-6-2/h6,9-12H,2,5,7-8H2,1,3-4H3/t10-,11-/m0/s1. The molecule has 1 nitrogen and oxygen atoms in total. The van der Waals surface area contributed by atoms with E-state index >= 15 is 0 Å². The first kappa shape index (κ1) is 11.7. The van der Waals surface area contributed by atoms with Gasteiger partial charge in [-0.05, 0) is 24.7 Å². The van der Waals surface area contributed by atoms with Gasteiger partial charge in [-0.25, -0.2) is 0 Å². The summed E-state index contributed by atoms with van der Waals surface area (Å²) in [5.41, 5.74) is 0. The van der Waals surface area contributed by atoms with Gasteiger partial charge in [0.1, 0.15) is 0 Å². The van der Waals surface area contributed by atoms with E-state index in [9.17, 15) is 5.11 Å². The molecule has 0 fully saturated rings. The fourth-order valence-corrected chi connectivity index (χ4v) is 1.65. The van der Waals surface area contributed by atoms with Crippen molar-refractivity contribution in [1.29, 1.82) is 0 Å². The van der Waals surface area contributed by atoms with E-state index in [-0.39, 0.29) is 6.10 Å². The first-order valence-corrected chi connectivity index (χ1v) is 4.92. The second-order valence-electron chi connectivity index (χ2n) is 3.79. The van der Waals surface area contributed by atoms with Crippen LogP contribution < -0.4 is 0 Å². The molecule has 0 saturated heterocycles. The number of hydrogen-bond acceptors (Lipinski definition) is 1. The lowest BCUT2D eigenvalue weighted by Gasteiger charge is -2.25. The van der Waals surface area contributed by atoms with E-state index in [1.165, 1.54) is 0 Å². The normalized spacial score (nSPS) is 16.1. The molecule has 0 bridgehead atoms. The highest BCUT2D eigenvalue weighted by Gasteiger charge is 2.20. The summed E-state index contributed by atoms with van der Waals surface area (Å²) in [4.78, 5) is 0. The number of aliphatic hydroxyl groups excluding tert-OH is 1. The van der Waals surface area contributed by atoms with E-state index in [1.807, 2.05) is 0 Å². The number of aliphatic hydroxyl groups is 1. The Kier molecular flexibility index (Phi) is 6.09. The van der Waals surface area contributed by atoms with Gasteiger partial charge in [-0.3, -0.25) is 0 Å². The van der Waals surface area contributed by atoms with Crippen molar-refractivity contribution >= 4 is 0 Å². The van der Waals surface area contributed by atoms with Crippen molar-refractivity contribution in [2.75, 3.05) is 0 Å². The Morgan fingerprint density at radius 3 is 2.33 bits per heavy atom. The quantitative estimate of drug-likeness (QED) is 0.608. The predicted octanol–water partition coefficient (Wildman–Crippen LogP) is 3.00. The fraction of sp³-hybridized carbons (Fsp3) is 0.818. The lowest BCUT2D eigenvalue weighted by atomic mass is 9.85. The molecular formula is C11H22O. The molecular weight excluding hydrogens is 148 g/mol. The van der Waals surface area contributed by atoms with Crippen molar-refractivity contribution in [3.05, 3.63) is 12.7 Å². The molecule has 0 radical (unpaired) electrons. The minimum atomic E-state index is -0.192. The molecule has 12 heavy (non-hydrogen) atoms. The highest BCUT2D eigenvalue weighted by Crippen LogP contribution is 2.22. The molecule has 0 aromatic carbocycles. The maximum atomic E-state index is 9.74. The van der Waals surface area contributed by atoms with E-state index in [4.69, 9.17) is 0 Å². The second-order valence-corrected chi connectivity index (χ2v) is 3.79. The lowest BCUT2D eigenvalue weighted by molar-refractivity contribution is 0.0780. The van der Waals surface area contributed by atoms with Crippen LogP contribution in [0.3, 0.4) is 0 Å². The Hall–Kier alpha value is -0.300. The highest BCUT2D eigenvalue weighted by molar-refractivity contribution is 4.79. The first-order chi connectivity index (χ1) is 5.63. The van der Waals surface area contributed by atoms with Crippen LogP contribution in [0.25, 0.3) is 0 Å². The molecule has 0 aliphatic heterocycles. The van der Waals surface area contributed by atoms with E-state index in [0.717, 1.165) is 19.3 Å². The Morgan fingerprint density at radius 2 is 2.00 bits per heavy atom. The molecule has 0 aliphatic rings. The minimum Gasteiger partial charge on any atom is -0.393 e. The molecule has 0 rings (SSSR count). The monoisotopic (exact) mass is 170 g/mol. The number of hydrogen-bond donors (Lipinski definition) is 1. The Balaban J connectivity index is 3.98. The van der Waals surface area contributed by atoms with Crippen LogP contribution in [0.4, 0.5) is 0 Å². The van der Waals surface area contributed by atoms with Crippen molar-refractivity contribution in [2.24, 2.45) is 11.8 Å². The van der Waals surface area contributed by atoms with Crippen molar-refractivity contribution in [3.63, 3.8) is 0 Å². The molecule has 0 unspecified atom stereocenters. The second kappa shape index (κ2) is 6.24. The molecule has 0 aromatic heterocycles. The largest absolute Gasteiger partial charge is 0.393 e. The SMILES string of the molecule is C=CC[C@H](O)[C@@H](CCC)C(C)C. The Morgan fingerprint density at radius 1 is 1.42 bits per heavy atom. The van der Waals surface area contributed by atoms with Gasteiger partial charge in [0, 0.05) is 0 Å². The molecule has 0 aromatic rings. The average molecular weight is 170 g/mol. The van der Waals surface area contributed by atoms with E-state index in [0.29, 0.717) is 11.8 Å². The summed E-state index contributed by atoms with van der Waals surface area (Å²) in [5.74, 6) is 1.01. The van der Waals surface area contributed by atoms with Gasteiger partial charge in [0.15, 0.2) is 0 Å². The van der Waals surface area contributed by atoms with Crippen LogP contribution in [-0.2, 0) is 0 Å². The summed E-state index contributed by atoms with van der Waals surface area (Å²) < 4.78 is 0. The molecule has 72 valence electrons. The van der Waals surface area contributed by atoms with Gasteiger partial charge in [0.25, 0.3) is 0 Å². The summed E-state index contributed by atoms with van der Waals surface area (Å²) in [6, 6.07) is 0. The zero-order chi connectivity index (χ0) is 9.56. The molecule has 0 saturated carbocycles. The summed E-state index contributed by atoms with van der Waals surface area (Å²) in [6.45, 7) is 10.2. The van der Waals surface area contributed by atoms with Crippen molar-refractivity contribution < 1.29 is 5.11 Å². The Bertz CT molecular complexity index is 118. The third kappa shape index (κ3) is 3.91. The molecule has 1 heteroatoms. The van der Waals surface area contributed by atoms with Crippen LogP contribution in [0.5, 0.6) is 0 Å². The fourth-order valence-electron chi connectivity index (χ4n) is 1.65. The molecule has 0 amide bonds. The van der Waals surface area contributed by atoms with Crippen molar-refractivity contribution in [1.82, 2.24) is 0 Å². The zero-order valence-corrected chi connectivity index (χ0v) is 8.59. The topological polar surface area (TPSA) is 20.2 Å². The van der Waals surface area contributed by atoms with Gasteiger partial charge < -0.3 is 5.11 Å². The number of rotatable bonds is 6. The maximum absolute atomic E-state index is 9.74. The summed E-state index contributed by atoms with van der Waals surface area (Å²) in [5, 5.41) is 9.74. The van der Waals surface area contributed by atoms with Gasteiger partial charge in [-0.2, -0.15) is 0 Å². The maximum Gasteiger partial charge on any atom is 0.0605 e. The molecule has 2 atom stereocenters. The van der Waals surface area contributed by atoms with E-state index in [1.54, 1.807) is 6.08 Å². The van der Waals surface area contributed by atoms with E-state index < -0.39 is 0 Å². The average Bonchev–Trinajstić information content (AvgIpc) is 1.99. The van der Waals surface area contributed by atoms with Crippen LogP contribution >= 0.6 is 0 Å². The van der Waals surface area contributed by atoms with Gasteiger partial charge in [0.05, 0.1) is 6.10 Å². The van der Waals surface area contributed by atoms with Crippen LogP contribution in [0.15, 0.2) is 12.7 Å².